The maximum Gasteiger partial charge on any atom is 0.252 e. The van der Waals surface area contributed by atoms with E-state index in [-0.39, 0.29) is 50.0 Å². The monoisotopic (exact) mass is 1200 g/mol. The highest BCUT2D eigenvalue weighted by molar-refractivity contribution is 7.00. The first-order chi connectivity index (χ1) is 42.6. The Bertz CT molecular complexity index is 4640. The van der Waals surface area contributed by atoms with Gasteiger partial charge >= 0.3 is 0 Å². The summed E-state index contributed by atoms with van der Waals surface area (Å²) < 4.78 is 6.67. The molecule has 0 bridgehead atoms. The Morgan fingerprint density at radius 2 is 0.835 bits per heavy atom. The Kier molecular flexibility index (Phi) is 12.7. The van der Waals surface area contributed by atoms with Crippen LogP contribution in [0.5, 0.6) is 0 Å². The van der Waals surface area contributed by atoms with Crippen LogP contribution in [0.3, 0.4) is 0 Å². The molecule has 15 rings (SSSR count). The zero-order chi connectivity index (χ0) is 64.4. The van der Waals surface area contributed by atoms with Crippen LogP contribution in [0, 0.1) is 13.8 Å². The molecule has 0 atom stereocenters. The first-order valence-electron chi connectivity index (χ1n) is 34.0. The van der Waals surface area contributed by atoms with Gasteiger partial charge in [0.25, 0.3) is 6.71 Å². The number of nitrogens with zero attached hydrogens (tertiary/aromatic N) is 3. The molecular weight excluding hydrogens is 1100 g/mol. The minimum Gasteiger partial charge on any atom is -0.456 e. The second kappa shape index (κ2) is 19.4. The molecule has 0 amide bonds. The van der Waals surface area contributed by atoms with E-state index in [0.29, 0.717) is 0 Å². The molecule has 1 aromatic heterocycles. The van der Waals surface area contributed by atoms with Crippen molar-refractivity contribution >= 4 is 96.2 Å². The summed E-state index contributed by atoms with van der Waals surface area (Å²) in [5.41, 5.74) is 33.0. The summed E-state index contributed by atoms with van der Waals surface area (Å²) >= 11 is 0. The first-order valence-corrected chi connectivity index (χ1v) is 34.0. The summed E-state index contributed by atoms with van der Waals surface area (Å²) in [5, 5.41) is 2.30. The summed E-state index contributed by atoms with van der Waals surface area (Å²) in [4.78, 5) is 8.06. The average Bonchev–Trinajstić information content (AvgIpc) is 1.47. The molecule has 0 radical (unpaired) electrons. The van der Waals surface area contributed by atoms with E-state index in [9.17, 15) is 0 Å². The van der Waals surface area contributed by atoms with Crippen molar-refractivity contribution in [2.45, 2.75) is 207 Å². The lowest BCUT2D eigenvalue weighted by molar-refractivity contribution is 0.332. The van der Waals surface area contributed by atoms with Crippen LogP contribution in [0.1, 0.15) is 206 Å². The number of hydrogen-bond acceptors (Lipinski definition) is 4. The molecular formula is C86H94BN3O. The Labute approximate surface area is 544 Å². The quantitative estimate of drug-likeness (QED) is 0.155. The second-order valence-corrected chi connectivity index (χ2v) is 34.5. The predicted molar refractivity (Wildman–Crippen MR) is 391 cm³/mol. The number of aryl methyl sites for hydroxylation is 2. The average molecular weight is 1200 g/mol. The van der Waals surface area contributed by atoms with Gasteiger partial charge in [0.2, 0.25) is 0 Å². The zero-order valence-corrected chi connectivity index (χ0v) is 58.2. The van der Waals surface area contributed by atoms with Crippen LogP contribution in [0.4, 0.5) is 51.2 Å². The highest BCUT2D eigenvalue weighted by atomic mass is 16.3. The molecule has 0 fully saturated rings. The fourth-order valence-corrected chi connectivity index (χ4v) is 18.3. The molecule has 4 nitrogen and oxygen atoms in total. The van der Waals surface area contributed by atoms with Gasteiger partial charge in [-0.3, -0.25) is 0 Å². The smallest absolute Gasteiger partial charge is 0.252 e. The van der Waals surface area contributed by atoms with Crippen LogP contribution in [0.25, 0.3) is 33.1 Å². The molecule has 5 aliphatic rings. The third-order valence-electron chi connectivity index (χ3n) is 22.8. The van der Waals surface area contributed by atoms with Crippen molar-refractivity contribution in [1.29, 1.82) is 0 Å². The first kappa shape index (κ1) is 59.5. The molecule has 462 valence electrons. The van der Waals surface area contributed by atoms with Crippen LogP contribution in [0.2, 0.25) is 0 Å². The van der Waals surface area contributed by atoms with Crippen molar-refractivity contribution in [3.63, 3.8) is 0 Å². The van der Waals surface area contributed by atoms with Crippen molar-refractivity contribution in [3.8, 4) is 11.1 Å². The van der Waals surface area contributed by atoms with Crippen LogP contribution >= 0.6 is 0 Å². The van der Waals surface area contributed by atoms with Gasteiger partial charge < -0.3 is 19.1 Å². The summed E-state index contributed by atoms with van der Waals surface area (Å²) in [5.74, 6) is 0. The number of anilines is 9. The number of rotatable bonds is 6. The molecule has 91 heavy (non-hydrogen) atoms. The summed E-state index contributed by atoms with van der Waals surface area (Å²) in [6, 6.07) is 62.7. The lowest BCUT2D eigenvalue weighted by Crippen LogP contribution is -2.62. The number of furan rings is 1. The molecule has 2 aliphatic heterocycles. The summed E-state index contributed by atoms with van der Waals surface area (Å²) in [7, 11) is 0. The van der Waals surface area contributed by atoms with E-state index in [1.54, 1.807) is 0 Å². The Hall–Kier alpha value is -7.76. The van der Waals surface area contributed by atoms with E-state index in [1.807, 2.05) is 0 Å². The van der Waals surface area contributed by atoms with Crippen LogP contribution in [-0.2, 0) is 43.3 Å². The highest BCUT2D eigenvalue weighted by Gasteiger charge is 2.50. The van der Waals surface area contributed by atoms with Gasteiger partial charge in [0.05, 0.1) is 5.69 Å². The molecule has 0 saturated carbocycles. The molecule has 0 saturated heterocycles. The van der Waals surface area contributed by atoms with Gasteiger partial charge in [0.15, 0.2) is 0 Å². The molecule has 3 heterocycles. The highest BCUT2D eigenvalue weighted by Crippen LogP contribution is 2.58. The van der Waals surface area contributed by atoms with Crippen molar-refractivity contribution in [2.24, 2.45) is 0 Å². The molecule has 0 unspecified atom stereocenters. The van der Waals surface area contributed by atoms with E-state index in [1.165, 1.54) is 117 Å². The molecule has 9 aromatic carbocycles. The third-order valence-corrected chi connectivity index (χ3v) is 22.8. The number of fused-ring (bicyclic) bond motifs is 10. The van der Waals surface area contributed by atoms with Crippen molar-refractivity contribution < 1.29 is 4.42 Å². The number of hydrogen-bond donors (Lipinski definition) is 0. The molecule has 3 aliphatic carbocycles. The SMILES string of the molecule is Cc1cc2c(cc1N1c3ccc(-c4cccc5oc6ccccc6c45)cc3B3c4cc5c(cc4N(c4cc6c(cc4C)C(C)(C)CC6(C)C)c4cc(N(c6ccc(C(C)(C)C)cc6)c6ccc(C(C)(C)C)cc6)cc1c43)C(C)(C)CCC5(C)C)C(C)(C)CC2(C)C. The summed E-state index contributed by atoms with van der Waals surface area (Å²) in [6.07, 6.45) is 4.45. The zero-order valence-electron chi connectivity index (χ0n) is 58.2. The van der Waals surface area contributed by atoms with Crippen LogP contribution in [0.15, 0.2) is 162 Å². The van der Waals surface area contributed by atoms with Gasteiger partial charge in [0, 0.05) is 56.3 Å². The standard InChI is InChI=1S/C86H94BN3O/c1-51-40-61-65(85(17,18)49-83(61,13)14)46-70(51)89-69-37-28-53(59-25-23-27-76-77(59)60-24-21-22-26-75(60)91-76)42-67(69)87-68-45-63-64(82(11,12)39-38-81(63,9)10)48-72(68)90(71-47-66-62(41-52(71)2)84(15,16)50-86(66,19)20)74-44-58(43-73(89)78(74)87)88(56-33-29-54(30-34-56)79(3,4)5)57-35-31-55(32-36-57)80(6,7)8/h21-37,40-48H,38-39,49-50H2,1-20H3. The van der Waals surface area contributed by atoms with Gasteiger partial charge in [-0.25, -0.2) is 0 Å². The van der Waals surface area contributed by atoms with E-state index in [4.69, 9.17) is 4.42 Å². The largest absolute Gasteiger partial charge is 0.456 e. The molecule has 10 aromatic rings. The van der Waals surface area contributed by atoms with Crippen LogP contribution in [-0.4, -0.2) is 6.71 Å². The minimum absolute atomic E-state index is 0.0127. The Morgan fingerprint density at radius 1 is 0.396 bits per heavy atom. The fourth-order valence-electron chi connectivity index (χ4n) is 18.3. The van der Waals surface area contributed by atoms with Gasteiger partial charge in [0.1, 0.15) is 11.2 Å². The van der Waals surface area contributed by atoms with Gasteiger partial charge in [-0.05, 0) is 239 Å². The lowest BCUT2D eigenvalue weighted by atomic mass is 9.33. The fraction of sp³-hybridized carbons (Fsp3) is 0.372. The lowest BCUT2D eigenvalue weighted by Gasteiger charge is -2.48. The van der Waals surface area contributed by atoms with E-state index >= 15 is 0 Å². The second-order valence-electron chi connectivity index (χ2n) is 34.5. The number of para-hydroxylation sites is 1. The Morgan fingerprint density at radius 3 is 1.35 bits per heavy atom. The normalized spacial score (nSPS) is 18.4. The van der Waals surface area contributed by atoms with Crippen molar-refractivity contribution in [3.05, 3.63) is 213 Å². The Balaban J connectivity index is 1.11. The molecule has 5 heteroatoms. The van der Waals surface area contributed by atoms with E-state index < -0.39 is 0 Å². The van der Waals surface area contributed by atoms with Crippen molar-refractivity contribution in [1.82, 2.24) is 0 Å². The molecule has 0 N–H and O–H groups in total. The van der Waals surface area contributed by atoms with Gasteiger partial charge in [-0.2, -0.15) is 0 Å². The van der Waals surface area contributed by atoms with Crippen LogP contribution < -0.4 is 31.1 Å². The maximum atomic E-state index is 6.67. The molecule has 0 spiro atoms. The van der Waals surface area contributed by atoms with E-state index in [2.05, 4.69) is 311 Å². The number of benzene rings is 9. The topological polar surface area (TPSA) is 22.9 Å². The van der Waals surface area contributed by atoms with Gasteiger partial charge in [-0.15, -0.1) is 0 Å². The van der Waals surface area contributed by atoms with Gasteiger partial charge in [-0.1, -0.05) is 210 Å². The minimum atomic E-state index is -0.135. The third kappa shape index (κ3) is 9.10. The summed E-state index contributed by atoms with van der Waals surface area (Å²) in [6.45, 7) is 48.4. The van der Waals surface area contributed by atoms with Crippen molar-refractivity contribution in [2.75, 3.05) is 14.7 Å². The maximum absolute atomic E-state index is 6.67. The predicted octanol–water partition coefficient (Wildman–Crippen LogP) is 22.3. The van der Waals surface area contributed by atoms with E-state index in [0.717, 1.165) is 64.7 Å².